The van der Waals surface area contributed by atoms with Crippen LogP contribution >= 0.6 is 0 Å². The van der Waals surface area contributed by atoms with Gasteiger partial charge in [0.2, 0.25) is 0 Å². The van der Waals surface area contributed by atoms with Gasteiger partial charge in [-0.15, -0.1) is 5.10 Å². The molecule has 1 atom stereocenters. The Bertz CT molecular complexity index is 923. The Labute approximate surface area is 166 Å². The summed E-state index contributed by atoms with van der Waals surface area (Å²) in [5.74, 6) is 1.01. The Balaban J connectivity index is 1.57. The lowest BCUT2D eigenvalue weighted by molar-refractivity contribution is 0.172. The Morgan fingerprint density at radius 1 is 0.929 bits per heavy atom. The van der Waals surface area contributed by atoms with Crippen LogP contribution in [-0.4, -0.2) is 43.2 Å². The molecular formula is C22H28N6. The summed E-state index contributed by atoms with van der Waals surface area (Å²) >= 11 is 0. The maximum Gasteiger partial charge on any atom is 0.173 e. The predicted molar refractivity (Wildman–Crippen MR) is 109 cm³/mol. The average molecular weight is 377 g/mol. The molecule has 6 heteroatoms. The van der Waals surface area contributed by atoms with Crippen LogP contribution in [0.4, 0.5) is 0 Å². The van der Waals surface area contributed by atoms with Crippen LogP contribution in [0.3, 0.4) is 0 Å². The number of pyridine rings is 1. The fraction of sp³-hybridized carbons (Fsp3) is 0.545. The van der Waals surface area contributed by atoms with Crippen molar-refractivity contribution in [2.75, 3.05) is 13.1 Å². The Hall–Kier alpha value is -2.34. The van der Waals surface area contributed by atoms with E-state index < -0.39 is 0 Å². The number of tetrazole rings is 1. The van der Waals surface area contributed by atoms with E-state index >= 15 is 0 Å². The van der Waals surface area contributed by atoms with E-state index in [4.69, 9.17) is 0 Å². The van der Waals surface area contributed by atoms with Crippen LogP contribution in [0.1, 0.15) is 74.8 Å². The molecule has 3 aromatic rings. The number of benzene rings is 1. The lowest BCUT2D eigenvalue weighted by Crippen LogP contribution is -2.36. The molecule has 1 aliphatic carbocycles. The molecule has 146 valence electrons. The number of nitrogens with zero attached hydrogens (tertiary/aromatic N) is 6. The molecule has 0 amide bonds. The first-order valence-corrected chi connectivity index (χ1v) is 10.8. The van der Waals surface area contributed by atoms with Gasteiger partial charge in [0, 0.05) is 11.6 Å². The summed E-state index contributed by atoms with van der Waals surface area (Å²) in [5, 5.41) is 14.3. The largest absolute Gasteiger partial charge is 0.290 e. The molecule has 0 N–H and O–H groups in total. The van der Waals surface area contributed by atoms with Gasteiger partial charge < -0.3 is 0 Å². The molecule has 6 nitrogen and oxygen atoms in total. The smallest absolute Gasteiger partial charge is 0.173 e. The third kappa shape index (κ3) is 3.41. The fourth-order valence-corrected chi connectivity index (χ4v) is 4.93. The molecule has 0 bridgehead atoms. The summed E-state index contributed by atoms with van der Waals surface area (Å²) in [5.41, 5.74) is 2.31. The first kappa shape index (κ1) is 17.7. The quantitative estimate of drug-likeness (QED) is 0.679. The second-order valence-corrected chi connectivity index (χ2v) is 8.23. The van der Waals surface area contributed by atoms with E-state index in [0.717, 1.165) is 24.4 Å². The number of aromatic nitrogens is 5. The molecule has 2 fully saturated rings. The van der Waals surface area contributed by atoms with Crippen LogP contribution in [0.15, 0.2) is 36.5 Å². The number of hydrogen-bond donors (Lipinski definition) is 0. The highest BCUT2D eigenvalue weighted by Crippen LogP contribution is 2.35. The van der Waals surface area contributed by atoms with E-state index in [1.54, 1.807) is 0 Å². The molecule has 2 aliphatic rings. The third-order valence-electron chi connectivity index (χ3n) is 6.38. The lowest BCUT2D eigenvalue weighted by Gasteiger charge is -2.35. The monoisotopic (exact) mass is 376 g/mol. The van der Waals surface area contributed by atoms with Gasteiger partial charge in [-0.3, -0.25) is 9.88 Å². The zero-order chi connectivity index (χ0) is 18.8. The van der Waals surface area contributed by atoms with Crippen molar-refractivity contribution in [3.05, 3.63) is 47.9 Å². The molecule has 3 heterocycles. The van der Waals surface area contributed by atoms with Crippen LogP contribution < -0.4 is 0 Å². The molecule has 5 rings (SSSR count). The Morgan fingerprint density at radius 3 is 2.61 bits per heavy atom. The SMILES string of the molecule is c1cnc2ccc([C@@H](c3nnnn3C3CCCCC3)N3CCCCC3)cc2c1. The van der Waals surface area contributed by atoms with Gasteiger partial charge in [0.25, 0.3) is 0 Å². The molecule has 1 saturated heterocycles. The summed E-state index contributed by atoms with van der Waals surface area (Å²) in [6, 6.07) is 11.3. The topological polar surface area (TPSA) is 59.7 Å². The van der Waals surface area contributed by atoms with Gasteiger partial charge in [0.1, 0.15) is 0 Å². The standard InChI is InChI=1S/C22H28N6/c1-3-9-19(10-4-1)28-22(24-25-26-28)21(27-14-5-2-6-15-27)18-11-12-20-17(16-18)8-7-13-23-20/h7-8,11-13,16,19,21H,1-6,9-10,14-15H2/t21-/m0/s1. The van der Waals surface area contributed by atoms with Crippen molar-refractivity contribution in [2.45, 2.75) is 63.5 Å². The summed E-state index contributed by atoms with van der Waals surface area (Å²) in [7, 11) is 0. The van der Waals surface area contributed by atoms with E-state index in [-0.39, 0.29) is 6.04 Å². The number of piperidine rings is 1. The van der Waals surface area contributed by atoms with Gasteiger partial charge in [-0.25, -0.2) is 4.68 Å². The summed E-state index contributed by atoms with van der Waals surface area (Å²) < 4.78 is 2.14. The minimum atomic E-state index is 0.113. The minimum absolute atomic E-state index is 0.113. The lowest BCUT2D eigenvalue weighted by atomic mass is 9.94. The zero-order valence-electron chi connectivity index (χ0n) is 16.4. The highest BCUT2D eigenvalue weighted by molar-refractivity contribution is 5.79. The molecule has 1 saturated carbocycles. The van der Waals surface area contributed by atoms with Crippen LogP contribution in [0.25, 0.3) is 10.9 Å². The number of likely N-dealkylation sites (tertiary alicyclic amines) is 1. The van der Waals surface area contributed by atoms with Crippen molar-refractivity contribution in [2.24, 2.45) is 0 Å². The highest BCUT2D eigenvalue weighted by atomic mass is 15.6. The van der Waals surface area contributed by atoms with Crippen molar-refractivity contribution in [3.63, 3.8) is 0 Å². The van der Waals surface area contributed by atoms with Gasteiger partial charge in [-0.1, -0.05) is 37.8 Å². The number of hydrogen-bond acceptors (Lipinski definition) is 5. The highest BCUT2D eigenvalue weighted by Gasteiger charge is 2.31. The second kappa shape index (κ2) is 7.95. The summed E-state index contributed by atoms with van der Waals surface area (Å²) in [6.07, 6.45) is 11.9. The van der Waals surface area contributed by atoms with Crippen LogP contribution in [0, 0.1) is 0 Å². The van der Waals surface area contributed by atoms with E-state index in [0.29, 0.717) is 6.04 Å². The van der Waals surface area contributed by atoms with Gasteiger partial charge in [0.15, 0.2) is 5.82 Å². The van der Waals surface area contributed by atoms with Crippen molar-refractivity contribution in [1.82, 2.24) is 30.1 Å². The Kier molecular flexibility index (Phi) is 5.04. The van der Waals surface area contributed by atoms with Crippen molar-refractivity contribution >= 4 is 10.9 Å². The van der Waals surface area contributed by atoms with Gasteiger partial charge in [-0.2, -0.15) is 0 Å². The number of rotatable bonds is 4. The van der Waals surface area contributed by atoms with E-state index in [2.05, 4.69) is 54.4 Å². The predicted octanol–water partition coefficient (Wildman–Crippen LogP) is 4.30. The molecule has 1 aromatic carbocycles. The molecular weight excluding hydrogens is 348 g/mol. The van der Waals surface area contributed by atoms with Gasteiger partial charge in [0.05, 0.1) is 17.6 Å². The molecule has 28 heavy (non-hydrogen) atoms. The van der Waals surface area contributed by atoms with Crippen molar-refractivity contribution < 1.29 is 0 Å². The Morgan fingerprint density at radius 2 is 1.75 bits per heavy atom. The molecule has 2 aromatic heterocycles. The first-order valence-electron chi connectivity index (χ1n) is 10.8. The maximum atomic E-state index is 4.57. The minimum Gasteiger partial charge on any atom is -0.290 e. The fourth-order valence-electron chi connectivity index (χ4n) is 4.93. The van der Waals surface area contributed by atoms with Crippen LogP contribution in [0.5, 0.6) is 0 Å². The molecule has 0 radical (unpaired) electrons. The van der Waals surface area contributed by atoms with E-state index in [1.165, 1.54) is 62.3 Å². The average Bonchev–Trinajstić information content (AvgIpc) is 3.25. The first-order chi connectivity index (χ1) is 13.9. The summed E-state index contributed by atoms with van der Waals surface area (Å²) in [6.45, 7) is 2.21. The second-order valence-electron chi connectivity index (χ2n) is 8.23. The molecule has 0 unspecified atom stereocenters. The molecule has 0 spiro atoms. The number of fused-ring (bicyclic) bond motifs is 1. The van der Waals surface area contributed by atoms with Gasteiger partial charge in [-0.05, 0) is 73.0 Å². The van der Waals surface area contributed by atoms with Gasteiger partial charge >= 0.3 is 0 Å². The zero-order valence-corrected chi connectivity index (χ0v) is 16.4. The van der Waals surface area contributed by atoms with Crippen molar-refractivity contribution in [1.29, 1.82) is 0 Å². The summed E-state index contributed by atoms with van der Waals surface area (Å²) in [4.78, 5) is 7.06. The molecule has 1 aliphatic heterocycles. The van der Waals surface area contributed by atoms with E-state index in [9.17, 15) is 0 Å². The normalized spacial score (nSPS) is 20.4. The van der Waals surface area contributed by atoms with E-state index in [1.807, 2.05) is 12.3 Å². The van der Waals surface area contributed by atoms with Crippen LogP contribution in [0.2, 0.25) is 0 Å². The van der Waals surface area contributed by atoms with Crippen molar-refractivity contribution in [3.8, 4) is 0 Å². The maximum absolute atomic E-state index is 4.57. The van der Waals surface area contributed by atoms with Crippen LogP contribution in [-0.2, 0) is 0 Å². The third-order valence-corrected chi connectivity index (χ3v) is 6.38.